The van der Waals surface area contributed by atoms with Crippen molar-refractivity contribution in [3.8, 4) is 5.75 Å². The van der Waals surface area contributed by atoms with Crippen molar-refractivity contribution in [2.45, 2.75) is 31.9 Å². The van der Waals surface area contributed by atoms with Crippen LogP contribution in [-0.4, -0.2) is 20.6 Å². The summed E-state index contributed by atoms with van der Waals surface area (Å²) in [7, 11) is 0. The summed E-state index contributed by atoms with van der Waals surface area (Å²) in [5, 5.41) is 9.09. The Labute approximate surface area is 151 Å². The summed E-state index contributed by atoms with van der Waals surface area (Å²) in [6, 6.07) is 18.3. The Hall–Kier alpha value is -3.08. The number of hydrogen-bond acceptors (Lipinski definition) is 3. The molecule has 3 aromatic rings. The molecule has 0 spiro atoms. The second-order valence-corrected chi connectivity index (χ2v) is 6.58. The van der Waals surface area contributed by atoms with Crippen LogP contribution in [0.3, 0.4) is 0 Å². The summed E-state index contributed by atoms with van der Waals surface area (Å²) in [6.07, 6.45) is 3.41. The van der Waals surface area contributed by atoms with Crippen LogP contribution in [0.4, 0.5) is 0 Å². The predicted octanol–water partition coefficient (Wildman–Crippen LogP) is 3.89. The van der Waals surface area contributed by atoms with Crippen molar-refractivity contribution in [1.29, 1.82) is 0 Å². The van der Waals surface area contributed by atoms with Gasteiger partial charge in [-0.3, -0.25) is 0 Å². The van der Waals surface area contributed by atoms with E-state index in [1.54, 1.807) is 6.20 Å². The molecular formula is C21H20N2O3. The van der Waals surface area contributed by atoms with Gasteiger partial charge in [-0.05, 0) is 29.7 Å². The lowest BCUT2D eigenvalue weighted by Crippen LogP contribution is -2.18. The van der Waals surface area contributed by atoms with Crippen LogP contribution in [0.2, 0.25) is 0 Å². The maximum absolute atomic E-state index is 11.1. The van der Waals surface area contributed by atoms with Crippen LogP contribution in [0.1, 0.15) is 39.8 Å². The lowest BCUT2D eigenvalue weighted by Gasteiger charge is -2.24. The number of carboxylic acids is 1. The van der Waals surface area contributed by atoms with Crippen LogP contribution < -0.4 is 4.74 Å². The smallest absolute Gasteiger partial charge is 0.356 e. The fourth-order valence-electron chi connectivity index (χ4n) is 3.40. The molecule has 2 heterocycles. The predicted molar refractivity (Wildman–Crippen MR) is 97.5 cm³/mol. The van der Waals surface area contributed by atoms with Gasteiger partial charge < -0.3 is 14.4 Å². The Balaban J connectivity index is 1.41. The molecule has 1 atom stereocenters. The molecule has 0 bridgehead atoms. The Bertz CT molecular complexity index is 901. The van der Waals surface area contributed by atoms with Gasteiger partial charge in [-0.2, -0.15) is 0 Å². The second-order valence-electron chi connectivity index (χ2n) is 6.58. The number of carboxylic acid groups (broad SMARTS) is 1. The van der Waals surface area contributed by atoms with Crippen LogP contribution in [0.25, 0.3) is 0 Å². The quantitative estimate of drug-likeness (QED) is 0.760. The molecule has 0 saturated heterocycles. The number of aromatic nitrogens is 2. The third-order valence-electron chi connectivity index (χ3n) is 4.81. The Morgan fingerprint density at radius 1 is 1.15 bits per heavy atom. The minimum atomic E-state index is -0.969. The first kappa shape index (κ1) is 16.4. The van der Waals surface area contributed by atoms with Crippen molar-refractivity contribution in [3.63, 3.8) is 0 Å². The summed E-state index contributed by atoms with van der Waals surface area (Å²) < 4.78 is 7.81. The fourth-order valence-corrected chi connectivity index (χ4v) is 3.40. The van der Waals surface area contributed by atoms with Gasteiger partial charge in [-0.15, -0.1) is 0 Å². The van der Waals surface area contributed by atoms with Crippen molar-refractivity contribution >= 4 is 5.97 Å². The highest BCUT2D eigenvalue weighted by Crippen LogP contribution is 2.30. The Morgan fingerprint density at radius 2 is 1.92 bits per heavy atom. The molecule has 5 nitrogen and oxygen atoms in total. The number of aromatic carboxylic acids is 1. The monoisotopic (exact) mass is 348 g/mol. The highest BCUT2D eigenvalue weighted by Gasteiger charge is 2.23. The van der Waals surface area contributed by atoms with E-state index < -0.39 is 5.97 Å². The third kappa shape index (κ3) is 3.47. The lowest BCUT2D eigenvalue weighted by molar-refractivity contribution is 0.0691. The SMILES string of the molecule is O=C(O)c1cn2c(n1)CCC(c1ccc(OCc3ccccc3)cc1)C2. The minimum absolute atomic E-state index is 0.130. The molecule has 1 aliphatic heterocycles. The van der Waals surface area contributed by atoms with Gasteiger partial charge >= 0.3 is 5.97 Å². The number of nitrogens with zero attached hydrogens (tertiary/aromatic N) is 2. The number of imidazole rings is 1. The van der Waals surface area contributed by atoms with Gasteiger partial charge in [0.2, 0.25) is 0 Å². The number of rotatable bonds is 5. The van der Waals surface area contributed by atoms with Gasteiger partial charge in [-0.25, -0.2) is 9.78 Å². The molecule has 2 aromatic carbocycles. The zero-order valence-corrected chi connectivity index (χ0v) is 14.3. The van der Waals surface area contributed by atoms with Gasteiger partial charge in [0.1, 0.15) is 18.2 Å². The number of aryl methyl sites for hydroxylation is 1. The summed E-state index contributed by atoms with van der Waals surface area (Å²) in [5.41, 5.74) is 2.52. The van der Waals surface area contributed by atoms with E-state index in [0.717, 1.165) is 36.5 Å². The molecule has 0 fully saturated rings. The summed E-state index contributed by atoms with van der Waals surface area (Å²) in [6.45, 7) is 1.32. The van der Waals surface area contributed by atoms with Crippen molar-refractivity contribution in [3.05, 3.63) is 83.4 Å². The van der Waals surface area contributed by atoms with E-state index in [0.29, 0.717) is 12.5 Å². The fraction of sp³-hybridized carbons (Fsp3) is 0.238. The van der Waals surface area contributed by atoms with E-state index in [1.807, 2.05) is 47.0 Å². The molecule has 0 amide bonds. The van der Waals surface area contributed by atoms with Gasteiger partial charge in [0, 0.05) is 25.1 Å². The maximum Gasteiger partial charge on any atom is 0.356 e. The van der Waals surface area contributed by atoms with Crippen molar-refractivity contribution < 1.29 is 14.6 Å². The summed E-state index contributed by atoms with van der Waals surface area (Å²) in [5.74, 6) is 1.11. The second kappa shape index (κ2) is 7.04. The van der Waals surface area contributed by atoms with E-state index in [-0.39, 0.29) is 5.69 Å². The lowest BCUT2D eigenvalue weighted by atomic mass is 9.91. The van der Waals surface area contributed by atoms with Gasteiger partial charge in [0.15, 0.2) is 5.69 Å². The molecular weight excluding hydrogens is 328 g/mol. The number of hydrogen-bond donors (Lipinski definition) is 1. The van der Waals surface area contributed by atoms with E-state index in [2.05, 4.69) is 17.1 Å². The van der Waals surface area contributed by atoms with E-state index in [1.165, 1.54) is 5.56 Å². The standard InChI is InChI=1S/C21H20N2O3/c24-21(25)19-13-23-12-17(8-11-20(23)22-19)16-6-9-18(10-7-16)26-14-15-4-2-1-3-5-15/h1-7,9-10,13,17H,8,11-12,14H2,(H,24,25). The van der Waals surface area contributed by atoms with Gasteiger partial charge in [0.25, 0.3) is 0 Å². The molecule has 0 aliphatic carbocycles. The first-order valence-electron chi connectivity index (χ1n) is 8.75. The summed E-state index contributed by atoms with van der Waals surface area (Å²) >= 11 is 0. The highest BCUT2D eigenvalue weighted by atomic mass is 16.5. The first-order valence-corrected chi connectivity index (χ1v) is 8.75. The molecule has 1 aliphatic rings. The molecule has 0 saturated carbocycles. The van der Waals surface area contributed by atoms with E-state index in [9.17, 15) is 4.79 Å². The number of ether oxygens (including phenoxy) is 1. The minimum Gasteiger partial charge on any atom is -0.489 e. The zero-order valence-electron chi connectivity index (χ0n) is 14.3. The van der Waals surface area contributed by atoms with Crippen LogP contribution in [0.15, 0.2) is 60.8 Å². The van der Waals surface area contributed by atoms with Gasteiger partial charge in [-0.1, -0.05) is 42.5 Å². The topological polar surface area (TPSA) is 64.3 Å². The Kier molecular flexibility index (Phi) is 4.44. The van der Waals surface area contributed by atoms with Gasteiger partial charge in [0.05, 0.1) is 0 Å². The molecule has 132 valence electrons. The average Bonchev–Trinajstić information content (AvgIpc) is 3.11. The van der Waals surface area contributed by atoms with Crippen LogP contribution >= 0.6 is 0 Å². The number of benzene rings is 2. The number of fused-ring (bicyclic) bond motifs is 1. The molecule has 1 aromatic heterocycles. The first-order chi connectivity index (χ1) is 12.7. The zero-order chi connectivity index (χ0) is 17.9. The van der Waals surface area contributed by atoms with Crippen LogP contribution in [-0.2, 0) is 19.6 Å². The maximum atomic E-state index is 11.1. The largest absolute Gasteiger partial charge is 0.489 e. The molecule has 5 heteroatoms. The van der Waals surface area contributed by atoms with E-state index >= 15 is 0 Å². The van der Waals surface area contributed by atoms with Crippen molar-refractivity contribution in [1.82, 2.24) is 9.55 Å². The van der Waals surface area contributed by atoms with Crippen molar-refractivity contribution in [2.75, 3.05) is 0 Å². The van der Waals surface area contributed by atoms with Crippen molar-refractivity contribution in [2.24, 2.45) is 0 Å². The molecule has 1 N–H and O–H groups in total. The normalized spacial score (nSPS) is 16.1. The van der Waals surface area contributed by atoms with Crippen LogP contribution in [0.5, 0.6) is 5.75 Å². The van der Waals surface area contributed by atoms with Crippen LogP contribution in [0, 0.1) is 0 Å². The summed E-state index contributed by atoms with van der Waals surface area (Å²) in [4.78, 5) is 15.3. The molecule has 26 heavy (non-hydrogen) atoms. The molecule has 4 rings (SSSR count). The highest BCUT2D eigenvalue weighted by molar-refractivity contribution is 5.85. The number of carbonyl (C=O) groups is 1. The van der Waals surface area contributed by atoms with E-state index in [4.69, 9.17) is 9.84 Å². The molecule has 0 radical (unpaired) electrons. The Morgan fingerprint density at radius 3 is 2.65 bits per heavy atom. The third-order valence-corrected chi connectivity index (χ3v) is 4.81. The average molecular weight is 348 g/mol. The molecule has 1 unspecified atom stereocenters.